The van der Waals surface area contributed by atoms with E-state index in [1.165, 1.54) is 7.11 Å². The molecule has 2 heterocycles. The maximum absolute atomic E-state index is 13.1. The lowest BCUT2D eigenvalue weighted by Gasteiger charge is -2.34. The standard InChI is InChI=1S/C20H26N4O5/c1-23(8-7-13-10-21-24(2)11-13)20(26)19-18(22-17(25)12-29-19)14-5-6-15(27-3)16(9-14)28-4/h5-6,9-11,18-19H,7-8,12H2,1-4H3,(H,22,25)/t18-,19+/m1/s1. The van der Waals surface area contributed by atoms with E-state index in [4.69, 9.17) is 14.2 Å². The molecule has 1 aromatic carbocycles. The Hall–Kier alpha value is -3.07. The molecule has 9 nitrogen and oxygen atoms in total. The molecule has 0 aliphatic carbocycles. The first-order chi connectivity index (χ1) is 13.9. The molecule has 29 heavy (non-hydrogen) atoms. The molecule has 1 aliphatic heterocycles. The molecule has 1 fully saturated rings. The number of aromatic nitrogens is 2. The smallest absolute Gasteiger partial charge is 0.253 e. The monoisotopic (exact) mass is 402 g/mol. The number of hydrogen-bond donors (Lipinski definition) is 1. The topological polar surface area (TPSA) is 94.9 Å². The molecule has 156 valence electrons. The van der Waals surface area contributed by atoms with Gasteiger partial charge in [-0.1, -0.05) is 6.07 Å². The third-order valence-electron chi connectivity index (χ3n) is 4.89. The number of morpholine rings is 1. The van der Waals surface area contributed by atoms with Crippen molar-refractivity contribution in [2.24, 2.45) is 7.05 Å². The van der Waals surface area contributed by atoms with E-state index >= 15 is 0 Å². The van der Waals surface area contributed by atoms with E-state index in [0.29, 0.717) is 30.0 Å². The molecule has 1 aromatic heterocycles. The van der Waals surface area contributed by atoms with Gasteiger partial charge in [-0.15, -0.1) is 0 Å². The molecule has 0 spiro atoms. The lowest BCUT2D eigenvalue weighted by Crippen LogP contribution is -2.52. The molecule has 2 amide bonds. The number of hydrogen-bond acceptors (Lipinski definition) is 6. The molecule has 9 heteroatoms. The summed E-state index contributed by atoms with van der Waals surface area (Å²) in [6.45, 7) is 0.355. The Kier molecular flexibility index (Phi) is 6.38. The third-order valence-corrected chi connectivity index (χ3v) is 4.89. The van der Waals surface area contributed by atoms with E-state index in [1.54, 1.807) is 48.1 Å². The number of amides is 2. The third kappa shape index (κ3) is 4.68. The van der Waals surface area contributed by atoms with Crippen LogP contribution in [0.5, 0.6) is 11.5 Å². The lowest BCUT2D eigenvalue weighted by molar-refractivity contribution is -0.154. The number of carbonyl (C=O) groups is 2. The first kappa shape index (κ1) is 20.7. The van der Waals surface area contributed by atoms with E-state index in [9.17, 15) is 9.59 Å². The minimum atomic E-state index is -0.829. The Morgan fingerprint density at radius 2 is 2.10 bits per heavy atom. The van der Waals surface area contributed by atoms with Crippen LogP contribution in [0.4, 0.5) is 0 Å². The van der Waals surface area contributed by atoms with Crippen molar-refractivity contribution in [3.8, 4) is 11.5 Å². The highest BCUT2D eigenvalue weighted by atomic mass is 16.5. The van der Waals surface area contributed by atoms with E-state index in [0.717, 1.165) is 5.56 Å². The highest BCUT2D eigenvalue weighted by Gasteiger charge is 2.38. The number of nitrogens with one attached hydrogen (secondary N) is 1. The van der Waals surface area contributed by atoms with Crippen LogP contribution in [0.25, 0.3) is 0 Å². The van der Waals surface area contributed by atoms with Crippen molar-refractivity contribution in [1.29, 1.82) is 0 Å². The van der Waals surface area contributed by atoms with Crippen LogP contribution in [0.2, 0.25) is 0 Å². The number of likely N-dealkylation sites (N-methyl/N-ethyl adjacent to an activating group) is 1. The van der Waals surface area contributed by atoms with Gasteiger partial charge in [-0.3, -0.25) is 14.3 Å². The van der Waals surface area contributed by atoms with E-state index in [-0.39, 0.29) is 18.4 Å². The van der Waals surface area contributed by atoms with Crippen molar-refractivity contribution in [1.82, 2.24) is 20.0 Å². The molecule has 3 rings (SSSR count). The minimum absolute atomic E-state index is 0.156. The Morgan fingerprint density at radius 1 is 1.34 bits per heavy atom. The quantitative estimate of drug-likeness (QED) is 0.732. The van der Waals surface area contributed by atoms with Gasteiger partial charge in [0, 0.05) is 26.8 Å². The normalized spacial score (nSPS) is 18.8. The zero-order valence-electron chi connectivity index (χ0n) is 17.0. The first-order valence-corrected chi connectivity index (χ1v) is 9.28. The van der Waals surface area contributed by atoms with Gasteiger partial charge in [-0.25, -0.2) is 0 Å². The molecule has 0 bridgehead atoms. The summed E-state index contributed by atoms with van der Waals surface area (Å²) in [5, 5.41) is 7.00. The summed E-state index contributed by atoms with van der Waals surface area (Å²) in [4.78, 5) is 26.6. The summed E-state index contributed by atoms with van der Waals surface area (Å²) in [7, 11) is 6.66. The maximum atomic E-state index is 13.1. The molecular formula is C20H26N4O5. The SMILES string of the molecule is COc1ccc([C@H]2NC(=O)CO[C@@H]2C(=O)N(C)CCc2cnn(C)c2)cc1OC. The number of carbonyl (C=O) groups excluding carboxylic acids is 2. The number of nitrogens with zero attached hydrogens (tertiary/aromatic N) is 3. The van der Waals surface area contributed by atoms with Crippen molar-refractivity contribution in [3.05, 3.63) is 41.7 Å². The van der Waals surface area contributed by atoms with Gasteiger partial charge in [0.1, 0.15) is 6.61 Å². The second-order valence-corrected chi connectivity index (χ2v) is 6.92. The fraction of sp³-hybridized carbons (Fsp3) is 0.450. The molecule has 0 radical (unpaired) electrons. The van der Waals surface area contributed by atoms with Gasteiger partial charge in [-0.2, -0.15) is 5.10 Å². The van der Waals surface area contributed by atoms with Crippen molar-refractivity contribution in [3.63, 3.8) is 0 Å². The van der Waals surface area contributed by atoms with Crippen LogP contribution in [-0.4, -0.2) is 67.0 Å². The van der Waals surface area contributed by atoms with Gasteiger partial charge in [-0.05, 0) is 29.7 Å². The van der Waals surface area contributed by atoms with Crippen molar-refractivity contribution in [2.75, 3.05) is 34.4 Å². The molecule has 0 unspecified atom stereocenters. The zero-order valence-corrected chi connectivity index (χ0v) is 17.0. The second-order valence-electron chi connectivity index (χ2n) is 6.92. The molecule has 0 saturated carbocycles. The van der Waals surface area contributed by atoms with E-state index < -0.39 is 12.1 Å². The minimum Gasteiger partial charge on any atom is -0.493 e. The molecular weight excluding hydrogens is 376 g/mol. The van der Waals surface area contributed by atoms with Crippen LogP contribution in [0.3, 0.4) is 0 Å². The van der Waals surface area contributed by atoms with Crippen LogP contribution < -0.4 is 14.8 Å². The van der Waals surface area contributed by atoms with Crippen LogP contribution in [0.1, 0.15) is 17.2 Å². The fourth-order valence-corrected chi connectivity index (χ4v) is 3.30. The molecule has 1 saturated heterocycles. The molecule has 1 N–H and O–H groups in total. The summed E-state index contributed by atoms with van der Waals surface area (Å²) < 4.78 is 18.0. The predicted molar refractivity (Wildman–Crippen MR) is 105 cm³/mol. The molecule has 1 aliphatic rings. The highest BCUT2D eigenvalue weighted by molar-refractivity contribution is 5.86. The van der Waals surface area contributed by atoms with Crippen LogP contribution >= 0.6 is 0 Å². The van der Waals surface area contributed by atoms with Crippen LogP contribution in [0.15, 0.2) is 30.6 Å². The van der Waals surface area contributed by atoms with Gasteiger partial charge < -0.3 is 24.4 Å². The average molecular weight is 402 g/mol. The summed E-state index contributed by atoms with van der Waals surface area (Å²) in [5.74, 6) is 0.609. The Labute approximate surface area is 169 Å². The maximum Gasteiger partial charge on any atom is 0.253 e. The first-order valence-electron chi connectivity index (χ1n) is 9.28. The number of rotatable bonds is 7. The van der Waals surface area contributed by atoms with Crippen LogP contribution in [0, 0.1) is 0 Å². The molecule has 2 aromatic rings. The number of aryl methyl sites for hydroxylation is 1. The number of benzene rings is 1. The van der Waals surface area contributed by atoms with E-state index in [2.05, 4.69) is 10.4 Å². The van der Waals surface area contributed by atoms with Crippen molar-refractivity contribution < 1.29 is 23.8 Å². The highest BCUT2D eigenvalue weighted by Crippen LogP contribution is 2.32. The number of methoxy groups -OCH3 is 2. The van der Waals surface area contributed by atoms with Gasteiger partial charge in [0.15, 0.2) is 17.6 Å². The largest absolute Gasteiger partial charge is 0.493 e. The summed E-state index contributed by atoms with van der Waals surface area (Å²) >= 11 is 0. The second kappa shape index (κ2) is 8.95. The fourth-order valence-electron chi connectivity index (χ4n) is 3.30. The van der Waals surface area contributed by atoms with Crippen molar-refractivity contribution in [2.45, 2.75) is 18.6 Å². The molecule has 2 atom stereocenters. The van der Waals surface area contributed by atoms with Gasteiger partial charge in [0.2, 0.25) is 5.91 Å². The summed E-state index contributed by atoms with van der Waals surface area (Å²) in [5.41, 5.74) is 1.75. The summed E-state index contributed by atoms with van der Waals surface area (Å²) in [6.07, 6.45) is 3.55. The van der Waals surface area contributed by atoms with Gasteiger partial charge in [0.05, 0.1) is 26.5 Å². The van der Waals surface area contributed by atoms with Gasteiger partial charge >= 0.3 is 0 Å². The average Bonchev–Trinajstić information content (AvgIpc) is 3.16. The number of ether oxygens (including phenoxy) is 3. The Morgan fingerprint density at radius 3 is 2.76 bits per heavy atom. The zero-order chi connectivity index (χ0) is 21.0. The Balaban J connectivity index is 1.76. The van der Waals surface area contributed by atoms with Crippen LogP contribution in [-0.2, 0) is 27.8 Å². The van der Waals surface area contributed by atoms with Gasteiger partial charge in [0.25, 0.3) is 5.91 Å². The lowest BCUT2D eigenvalue weighted by atomic mass is 9.98. The predicted octanol–water partition coefficient (Wildman–Crippen LogP) is 0.695. The van der Waals surface area contributed by atoms with E-state index in [1.807, 2.05) is 13.2 Å². The summed E-state index contributed by atoms with van der Waals surface area (Å²) in [6, 6.07) is 4.65. The Bertz CT molecular complexity index is 882. The van der Waals surface area contributed by atoms with Crippen molar-refractivity contribution >= 4 is 11.8 Å².